The van der Waals surface area contributed by atoms with Crippen molar-refractivity contribution in [3.05, 3.63) is 53.0 Å². The fourth-order valence-corrected chi connectivity index (χ4v) is 2.14. The van der Waals surface area contributed by atoms with Crippen molar-refractivity contribution in [1.82, 2.24) is 0 Å². The van der Waals surface area contributed by atoms with E-state index in [1.165, 1.54) is 0 Å². The van der Waals surface area contributed by atoms with E-state index in [-0.39, 0.29) is 12.5 Å². The van der Waals surface area contributed by atoms with Crippen molar-refractivity contribution in [2.24, 2.45) is 5.92 Å². The van der Waals surface area contributed by atoms with Gasteiger partial charge in [-0.25, -0.2) is 0 Å². The molecule has 0 aliphatic rings. The number of benzene rings is 2. The SMILES string of the molecule is CC(C)COc1cccc(NCC(=O)Nc2ccc(Br)cc2)c1. The monoisotopic (exact) mass is 376 g/mol. The van der Waals surface area contributed by atoms with Gasteiger partial charge < -0.3 is 15.4 Å². The van der Waals surface area contributed by atoms with Gasteiger partial charge in [0.25, 0.3) is 0 Å². The molecule has 4 nitrogen and oxygen atoms in total. The third-order valence-corrected chi connectivity index (χ3v) is 3.53. The Bertz CT molecular complexity index is 642. The predicted octanol–water partition coefficient (Wildman–Crippen LogP) is 4.53. The molecular formula is C18H21BrN2O2. The molecule has 0 aromatic heterocycles. The number of anilines is 2. The van der Waals surface area contributed by atoms with Crippen LogP contribution >= 0.6 is 15.9 Å². The van der Waals surface area contributed by atoms with Crippen molar-refractivity contribution in [2.45, 2.75) is 13.8 Å². The highest BCUT2D eigenvalue weighted by Gasteiger charge is 2.04. The summed E-state index contributed by atoms with van der Waals surface area (Å²) < 4.78 is 6.66. The van der Waals surface area contributed by atoms with Gasteiger partial charge in [0.1, 0.15) is 5.75 Å². The van der Waals surface area contributed by atoms with Crippen molar-refractivity contribution in [1.29, 1.82) is 0 Å². The van der Waals surface area contributed by atoms with Gasteiger partial charge in [-0.05, 0) is 42.3 Å². The molecule has 5 heteroatoms. The summed E-state index contributed by atoms with van der Waals surface area (Å²) in [5.74, 6) is 1.18. The summed E-state index contributed by atoms with van der Waals surface area (Å²) in [6.07, 6.45) is 0. The average molecular weight is 377 g/mol. The van der Waals surface area contributed by atoms with Crippen molar-refractivity contribution < 1.29 is 9.53 Å². The Labute approximate surface area is 145 Å². The summed E-state index contributed by atoms with van der Waals surface area (Å²) in [7, 11) is 0. The lowest BCUT2D eigenvalue weighted by molar-refractivity contribution is -0.114. The van der Waals surface area contributed by atoms with Crippen LogP contribution in [0.3, 0.4) is 0 Å². The molecule has 122 valence electrons. The Balaban J connectivity index is 1.84. The average Bonchev–Trinajstić information content (AvgIpc) is 2.54. The van der Waals surface area contributed by atoms with Gasteiger partial charge in [0.2, 0.25) is 5.91 Å². The molecule has 2 rings (SSSR count). The molecule has 2 N–H and O–H groups in total. The van der Waals surface area contributed by atoms with Crippen molar-refractivity contribution in [3.8, 4) is 5.75 Å². The Hall–Kier alpha value is -2.01. The number of nitrogens with one attached hydrogen (secondary N) is 2. The van der Waals surface area contributed by atoms with E-state index < -0.39 is 0 Å². The van der Waals surface area contributed by atoms with Gasteiger partial charge in [-0.15, -0.1) is 0 Å². The van der Waals surface area contributed by atoms with Crippen LogP contribution in [0, 0.1) is 5.92 Å². The second kappa shape index (κ2) is 8.58. The summed E-state index contributed by atoms with van der Waals surface area (Å²) in [6.45, 7) is 5.08. The van der Waals surface area contributed by atoms with E-state index in [0.717, 1.165) is 21.6 Å². The van der Waals surface area contributed by atoms with Crippen LogP contribution in [0.25, 0.3) is 0 Å². The maximum Gasteiger partial charge on any atom is 0.243 e. The number of ether oxygens (including phenoxy) is 1. The molecule has 0 aliphatic carbocycles. The Kier molecular flexibility index (Phi) is 6.47. The Morgan fingerprint density at radius 3 is 2.57 bits per heavy atom. The molecule has 0 aliphatic heterocycles. The first-order valence-corrected chi connectivity index (χ1v) is 8.34. The molecule has 0 radical (unpaired) electrons. The number of hydrogen-bond acceptors (Lipinski definition) is 3. The third-order valence-electron chi connectivity index (χ3n) is 3.00. The molecule has 2 aromatic rings. The van der Waals surface area contributed by atoms with Crippen LogP contribution in [0.1, 0.15) is 13.8 Å². The summed E-state index contributed by atoms with van der Waals surface area (Å²) in [4.78, 5) is 12.0. The van der Waals surface area contributed by atoms with Gasteiger partial charge in [0, 0.05) is 21.9 Å². The number of carbonyl (C=O) groups excluding carboxylic acids is 1. The zero-order valence-corrected chi connectivity index (χ0v) is 14.9. The summed E-state index contributed by atoms with van der Waals surface area (Å²) in [5.41, 5.74) is 1.63. The maximum absolute atomic E-state index is 12.0. The molecule has 0 fully saturated rings. The van der Waals surface area contributed by atoms with Crippen LogP contribution in [-0.2, 0) is 4.79 Å². The lowest BCUT2D eigenvalue weighted by Crippen LogP contribution is -2.21. The third kappa shape index (κ3) is 6.32. The fraction of sp³-hybridized carbons (Fsp3) is 0.278. The van der Waals surface area contributed by atoms with Gasteiger partial charge in [0.15, 0.2) is 0 Å². The normalized spacial score (nSPS) is 10.4. The second-order valence-electron chi connectivity index (χ2n) is 5.64. The quantitative estimate of drug-likeness (QED) is 0.745. The molecule has 23 heavy (non-hydrogen) atoms. The summed E-state index contributed by atoms with van der Waals surface area (Å²) in [5, 5.41) is 5.94. The lowest BCUT2D eigenvalue weighted by atomic mass is 10.2. The van der Waals surface area contributed by atoms with E-state index in [0.29, 0.717) is 12.5 Å². The minimum Gasteiger partial charge on any atom is -0.493 e. The molecule has 0 atom stereocenters. The van der Waals surface area contributed by atoms with Crippen LogP contribution in [0.5, 0.6) is 5.75 Å². The summed E-state index contributed by atoms with van der Waals surface area (Å²) >= 11 is 3.36. The van der Waals surface area contributed by atoms with Crippen LogP contribution in [-0.4, -0.2) is 19.1 Å². The van der Waals surface area contributed by atoms with Gasteiger partial charge in [-0.3, -0.25) is 4.79 Å². The maximum atomic E-state index is 12.0. The highest BCUT2D eigenvalue weighted by Crippen LogP contribution is 2.18. The van der Waals surface area contributed by atoms with E-state index in [2.05, 4.69) is 40.4 Å². The minimum absolute atomic E-state index is 0.0965. The largest absolute Gasteiger partial charge is 0.493 e. The van der Waals surface area contributed by atoms with Crippen LogP contribution < -0.4 is 15.4 Å². The number of rotatable bonds is 7. The number of amides is 1. The van der Waals surface area contributed by atoms with E-state index in [9.17, 15) is 4.79 Å². The first kappa shape index (κ1) is 17.3. The standard InChI is InChI=1S/C18H21BrN2O2/c1-13(2)12-23-17-5-3-4-16(10-17)20-11-18(22)21-15-8-6-14(19)7-9-15/h3-10,13,20H,11-12H2,1-2H3,(H,21,22). The van der Waals surface area contributed by atoms with Crippen molar-refractivity contribution in [2.75, 3.05) is 23.8 Å². The fourth-order valence-electron chi connectivity index (χ4n) is 1.88. The molecule has 0 spiro atoms. The molecule has 0 saturated carbocycles. The molecule has 0 unspecified atom stereocenters. The highest BCUT2D eigenvalue weighted by molar-refractivity contribution is 9.10. The van der Waals surface area contributed by atoms with Gasteiger partial charge in [0.05, 0.1) is 13.2 Å². The van der Waals surface area contributed by atoms with Crippen molar-refractivity contribution in [3.63, 3.8) is 0 Å². The lowest BCUT2D eigenvalue weighted by Gasteiger charge is -2.11. The number of carbonyl (C=O) groups is 1. The Morgan fingerprint density at radius 2 is 1.87 bits per heavy atom. The molecule has 0 saturated heterocycles. The van der Waals surface area contributed by atoms with Crippen LogP contribution in [0.2, 0.25) is 0 Å². The van der Waals surface area contributed by atoms with Gasteiger partial charge in [-0.1, -0.05) is 35.8 Å². The molecule has 0 heterocycles. The van der Waals surface area contributed by atoms with Crippen LogP contribution in [0.15, 0.2) is 53.0 Å². The van der Waals surface area contributed by atoms with E-state index in [1.54, 1.807) is 0 Å². The van der Waals surface area contributed by atoms with Gasteiger partial charge >= 0.3 is 0 Å². The van der Waals surface area contributed by atoms with Gasteiger partial charge in [-0.2, -0.15) is 0 Å². The molecule has 2 aromatic carbocycles. The topological polar surface area (TPSA) is 50.4 Å². The first-order chi connectivity index (χ1) is 11.0. The second-order valence-corrected chi connectivity index (χ2v) is 6.56. The van der Waals surface area contributed by atoms with E-state index in [4.69, 9.17) is 4.74 Å². The van der Waals surface area contributed by atoms with Crippen LogP contribution in [0.4, 0.5) is 11.4 Å². The zero-order chi connectivity index (χ0) is 16.7. The highest BCUT2D eigenvalue weighted by atomic mass is 79.9. The predicted molar refractivity (Wildman–Crippen MR) is 98.0 cm³/mol. The van der Waals surface area contributed by atoms with E-state index in [1.807, 2.05) is 48.5 Å². The minimum atomic E-state index is -0.0965. The number of halogens is 1. The zero-order valence-electron chi connectivity index (χ0n) is 13.3. The summed E-state index contributed by atoms with van der Waals surface area (Å²) in [6, 6.07) is 15.1. The number of hydrogen-bond donors (Lipinski definition) is 2. The molecule has 1 amide bonds. The van der Waals surface area contributed by atoms with E-state index >= 15 is 0 Å². The first-order valence-electron chi connectivity index (χ1n) is 7.55. The van der Waals surface area contributed by atoms with Crippen molar-refractivity contribution >= 4 is 33.2 Å². The molecule has 0 bridgehead atoms. The molecular weight excluding hydrogens is 356 g/mol. The Morgan fingerprint density at radius 1 is 1.13 bits per heavy atom. The smallest absolute Gasteiger partial charge is 0.243 e.